The minimum absolute atomic E-state index is 0.0796. The Morgan fingerprint density at radius 2 is 1.83 bits per heavy atom. The van der Waals surface area contributed by atoms with Crippen LogP contribution in [0.4, 0.5) is 4.79 Å². The molecule has 1 unspecified atom stereocenters. The van der Waals surface area contributed by atoms with Gasteiger partial charge in [-0.25, -0.2) is 4.79 Å². The normalized spacial score (nSPS) is 13.5. The molecule has 2 N–H and O–H groups in total. The molecule has 0 saturated carbocycles. The average molecular weight is 417 g/mol. The first-order valence-corrected chi connectivity index (χ1v) is 9.93. The SMILES string of the molecule is C=CCC(=O)N(/C=C\C)/C(C=C)=C/C=C(\C=C)CC(CCO)NC(=O)OC(C)(C)C. The van der Waals surface area contributed by atoms with Crippen molar-refractivity contribution < 1.29 is 19.4 Å². The van der Waals surface area contributed by atoms with E-state index in [-0.39, 0.29) is 25.0 Å². The summed E-state index contributed by atoms with van der Waals surface area (Å²) >= 11 is 0. The third-order valence-corrected chi connectivity index (χ3v) is 3.78. The highest BCUT2D eigenvalue weighted by Gasteiger charge is 2.19. The Morgan fingerprint density at radius 3 is 2.30 bits per heavy atom. The number of amides is 2. The van der Waals surface area contributed by atoms with Gasteiger partial charge in [0.1, 0.15) is 5.60 Å². The van der Waals surface area contributed by atoms with E-state index in [0.717, 1.165) is 5.57 Å². The van der Waals surface area contributed by atoms with Crippen LogP contribution in [0.1, 0.15) is 47.0 Å². The van der Waals surface area contributed by atoms with Crippen molar-refractivity contribution in [2.45, 2.75) is 58.6 Å². The van der Waals surface area contributed by atoms with E-state index in [1.807, 2.05) is 13.0 Å². The van der Waals surface area contributed by atoms with E-state index in [2.05, 4.69) is 25.1 Å². The second kappa shape index (κ2) is 14.2. The second-order valence-electron chi connectivity index (χ2n) is 7.54. The highest BCUT2D eigenvalue weighted by atomic mass is 16.6. The summed E-state index contributed by atoms with van der Waals surface area (Å²) < 4.78 is 5.29. The molecule has 0 rings (SSSR count). The molecule has 0 heterocycles. The van der Waals surface area contributed by atoms with Gasteiger partial charge in [0, 0.05) is 31.0 Å². The third kappa shape index (κ3) is 11.2. The van der Waals surface area contributed by atoms with Gasteiger partial charge in [-0.2, -0.15) is 0 Å². The minimum atomic E-state index is -0.610. The first kappa shape index (κ1) is 27.1. The molecule has 0 aromatic rings. The number of carbonyl (C=O) groups excluding carboxylic acids is 2. The van der Waals surface area contributed by atoms with Crippen molar-refractivity contribution >= 4 is 12.0 Å². The van der Waals surface area contributed by atoms with Crippen LogP contribution in [0.2, 0.25) is 0 Å². The van der Waals surface area contributed by atoms with Crippen LogP contribution in [0.3, 0.4) is 0 Å². The summed E-state index contributed by atoms with van der Waals surface area (Å²) in [5.41, 5.74) is 0.805. The molecular weight excluding hydrogens is 380 g/mol. The summed E-state index contributed by atoms with van der Waals surface area (Å²) in [5, 5.41) is 12.1. The van der Waals surface area contributed by atoms with Crippen molar-refractivity contribution in [3.63, 3.8) is 0 Å². The van der Waals surface area contributed by atoms with Crippen molar-refractivity contribution in [2.75, 3.05) is 6.61 Å². The van der Waals surface area contributed by atoms with E-state index in [0.29, 0.717) is 18.5 Å². The van der Waals surface area contributed by atoms with Gasteiger partial charge >= 0.3 is 6.09 Å². The van der Waals surface area contributed by atoms with Crippen molar-refractivity contribution in [3.8, 4) is 0 Å². The molecule has 0 spiro atoms. The lowest BCUT2D eigenvalue weighted by Crippen LogP contribution is -2.39. The van der Waals surface area contributed by atoms with Crippen molar-refractivity contribution in [1.29, 1.82) is 0 Å². The second-order valence-corrected chi connectivity index (χ2v) is 7.54. The molecule has 1 atom stereocenters. The minimum Gasteiger partial charge on any atom is -0.444 e. The summed E-state index contributed by atoms with van der Waals surface area (Å²) in [4.78, 5) is 25.9. The van der Waals surface area contributed by atoms with Crippen LogP contribution < -0.4 is 5.32 Å². The van der Waals surface area contributed by atoms with Gasteiger partial charge < -0.3 is 15.2 Å². The number of nitrogens with zero attached hydrogens (tertiary/aromatic N) is 1. The molecule has 0 saturated heterocycles. The molecular formula is C24H36N2O4. The van der Waals surface area contributed by atoms with Gasteiger partial charge in [-0.05, 0) is 58.3 Å². The largest absolute Gasteiger partial charge is 0.444 e. The van der Waals surface area contributed by atoms with E-state index < -0.39 is 11.7 Å². The van der Waals surface area contributed by atoms with E-state index in [4.69, 9.17) is 4.74 Å². The number of rotatable bonds is 12. The zero-order chi connectivity index (χ0) is 23.2. The standard InChI is InChI=1S/C24H36N2O4/c1-8-12-22(28)26(16-9-2)21(11-4)14-13-19(10-3)18-20(15-17-27)25-23(29)30-24(5,6)7/h8-11,13-14,16,20,27H,1,3-4,12,15,17-18H2,2,5-7H3,(H,25,29)/b16-9-,19-13+,21-14+. The molecule has 6 nitrogen and oxygen atoms in total. The predicted octanol–water partition coefficient (Wildman–Crippen LogP) is 4.77. The maximum absolute atomic E-state index is 12.3. The Bertz CT molecular complexity index is 696. The molecule has 0 fully saturated rings. The molecule has 0 aliphatic rings. The first-order valence-electron chi connectivity index (χ1n) is 9.93. The lowest BCUT2D eigenvalue weighted by molar-refractivity contribution is -0.126. The number of alkyl carbamates (subject to hydrolysis) is 1. The number of nitrogens with one attached hydrogen (secondary N) is 1. The fourth-order valence-electron chi connectivity index (χ4n) is 2.48. The average Bonchev–Trinajstić information content (AvgIpc) is 2.65. The Hall–Kier alpha value is -2.86. The van der Waals surface area contributed by atoms with Crippen molar-refractivity contribution in [3.05, 3.63) is 73.7 Å². The molecule has 0 aliphatic heterocycles. The van der Waals surface area contributed by atoms with Crippen LogP contribution in [0.5, 0.6) is 0 Å². The molecule has 6 heteroatoms. The van der Waals surface area contributed by atoms with Crippen LogP contribution in [0.25, 0.3) is 0 Å². The van der Waals surface area contributed by atoms with Gasteiger partial charge in [-0.15, -0.1) is 6.58 Å². The third-order valence-electron chi connectivity index (χ3n) is 3.78. The quantitative estimate of drug-likeness (QED) is 0.355. The van der Waals surface area contributed by atoms with Crippen molar-refractivity contribution in [1.82, 2.24) is 10.2 Å². The van der Waals surface area contributed by atoms with Gasteiger partial charge in [-0.3, -0.25) is 9.69 Å². The van der Waals surface area contributed by atoms with Crippen LogP contribution in [0.15, 0.2) is 73.7 Å². The number of hydrogen-bond donors (Lipinski definition) is 2. The van der Waals surface area contributed by atoms with Crippen molar-refractivity contribution in [2.24, 2.45) is 0 Å². The van der Waals surface area contributed by atoms with Gasteiger partial charge in [0.15, 0.2) is 0 Å². The first-order chi connectivity index (χ1) is 14.1. The zero-order valence-corrected chi connectivity index (χ0v) is 18.7. The summed E-state index contributed by atoms with van der Waals surface area (Å²) in [6.45, 7) is 18.3. The summed E-state index contributed by atoms with van der Waals surface area (Å²) in [6.07, 6.45) is 12.3. The molecule has 0 aromatic heterocycles. The molecule has 0 bridgehead atoms. The van der Waals surface area contributed by atoms with Gasteiger partial charge in [-0.1, -0.05) is 37.5 Å². The zero-order valence-electron chi connectivity index (χ0n) is 18.7. The van der Waals surface area contributed by atoms with E-state index in [1.54, 1.807) is 57.4 Å². The number of hydrogen-bond acceptors (Lipinski definition) is 4. The number of carbonyl (C=O) groups is 2. The summed E-state index contributed by atoms with van der Waals surface area (Å²) in [6, 6.07) is -0.330. The Balaban J connectivity index is 5.55. The van der Waals surface area contributed by atoms with Crippen LogP contribution in [0, 0.1) is 0 Å². The summed E-state index contributed by atoms with van der Waals surface area (Å²) in [7, 11) is 0. The topological polar surface area (TPSA) is 78.9 Å². The fraction of sp³-hybridized carbons (Fsp3) is 0.417. The number of aliphatic hydroxyl groups excluding tert-OH is 1. The molecule has 0 aromatic carbocycles. The Labute approximate surface area is 181 Å². The smallest absolute Gasteiger partial charge is 0.407 e. The van der Waals surface area contributed by atoms with Gasteiger partial charge in [0.2, 0.25) is 5.91 Å². The molecule has 2 amide bonds. The molecule has 0 aliphatic carbocycles. The molecule has 30 heavy (non-hydrogen) atoms. The van der Waals surface area contributed by atoms with Gasteiger partial charge in [0.25, 0.3) is 0 Å². The maximum atomic E-state index is 12.3. The summed E-state index contributed by atoms with van der Waals surface area (Å²) in [5.74, 6) is -0.132. The monoisotopic (exact) mass is 416 g/mol. The van der Waals surface area contributed by atoms with Gasteiger partial charge in [0.05, 0.1) is 0 Å². The number of aliphatic hydroxyl groups is 1. The lowest BCUT2D eigenvalue weighted by atomic mass is 10.0. The number of ether oxygens (including phenoxy) is 1. The highest BCUT2D eigenvalue weighted by molar-refractivity contribution is 5.81. The Morgan fingerprint density at radius 1 is 1.17 bits per heavy atom. The van der Waals surface area contributed by atoms with E-state index in [1.165, 1.54) is 4.90 Å². The molecule has 0 radical (unpaired) electrons. The highest BCUT2D eigenvalue weighted by Crippen LogP contribution is 2.15. The van der Waals surface area contributed by atoms with Crippen LogP contribution in [-0.2, 0) is 9.53 Å². The van der Waals surface area contributed by atoms with Crippen LogP contribution in [-0.4, -0.2) is 40.3 Å². The van der Waals surface area contributed by atoms with E-state index in [9.17, 15) is 14.7 Å². The molecule has 166 valence electrons. The predicted molar refractivity (Wildman–Crippen MR) is 123 cm³/mol. The Kier molecular flexibility index (Phi) is 12.8. The lowest BCUT2D eigenvalue weighted by Gasteiger charge is -2.23. The van der Waals surface area contributed by atoms with E-state index >= 15 is 0 Å². The maximum Gasteiger partial charge on any atom is 0.407 e. The fourth-order valence-corrected chi connectivity index (χ4v) is 2.48. The van der Waals surface area contributed by atoms with Crippen LogP contribution >= 0.6 is 0 Å². The number of allylic oxidation sites excluding steroid dienone is 5.